The van der Waals surface area contributed by atoms with E-state index in [-0.39, 0.29) is 18.7 Å². The number of amides is 1. The Labute approximate surface area is 370 Å². The van der Waals surface area contributed by atoms with E-state index in [1.165, 1.54) is 186 Å². The lowest BCUT2D eigenvalue weighted by molar-refractivity contribution is -0.231. The van der Waals surface area contributed by atoms with E-state index in [2.05, 4.69) is 19.2 Å². The molecule has 0 aromatic rings. The van der Waals surface area contributed by atoms with E-state index in [9.17, 15) is 35.4 Å². The fourth-order valence-corrected chi connectivity index (χ4v) is 9.07. The maximum atomic E-state index is 13.1. The summed E-state index contributed by atoms with van der Waals surface area (Å²) in [6, 6.07) is -0.762. The smallest absolute Gasteiger partial charge is 0.220 e. The van der Waals surface area contributed by atoms with E-state index in [0.717, 1.165) is 38.5 Å². The first kappa shape index (κ1) is 57.2. The van der Waals surface area contributed by atoms with Crippen molar-refractivity contribution < 1.29 is 40.2 Å². The molecule has 1 aliphatic heterocycles. The van der Waals surface area contributed by atoms with Crippen molar-refractivity contribution in [3.8, 4) is 0 Å². The third-order valence-corrected chi connectivity index (χ3v) is 13.3. The molecule has 1 fully saturated rings. The molecule has 1 heterocycles. The highest BCUT2D eigenvalue weighted by molar-refractivity contribution is 5.76. The maximum absolute atomic E-state index is 13.1. The number of aliphatic hydroxyl groups excluding tert-OH is 6. The van der Waals surface area contributed by atoms with E-state index in [0.29, 0.717) is 12.8 Å². The minimum atomic E-state index is -1.48. The minimum absolute atomic E-state index is 0.161. The van der Waals surface area contributed by atoms with Crippen LogP contribution in [0.1, 0.15) is 264 Å². The van der Waals surface area contributed by atoms with Crippen LogP contribution in [0.5, 0.6) is 0 Å². The zero-order chi connectivity index (χ0) is 43.9. The molecular formula is C51H101NO8. The van der Waals surface area contributed by atoms with Gasteiger partial charge in [-0.25, -0.2) is 0 Å². The molecule has 0 bridgehead atoms. The number of unbranched alkanes of at least 4 members (excludes halogenated alkanes) is 33. The molecule has 9 nitrogen and oxygen atoms in total. The van der Waals surface area contributed by atoms with Crippen molar-refractivity contribution in [1.29, 1.82) is 0 Å². The zero-order valence-corrected chi connectivity index (χ0v) is 39.4. The molecule has 0 radical (unpaired) electrons. The fraction of sp³-hybridized carbons (Fsp3) is 0.980. The van der Waals surface area contributed by atoms with Crippen molar-refractivity contribution in [3.05, 3.63) is 0 Å². The van der Waals surface area contributed by atoms with Crippen LogP contribution in [0.3, 0.4) is 0 Å². The van der Waals surface area contributed by atoms with Gasteiger partial charge in [0.15, 0.2) is 0 Å². The summed E-state index contributed by atoms with van der Waals surface area (Å²) in [5.74, 6) is -0.172. The molecule has 8 atom stereocenters. The Morgan fingerprint density at radius 2 is 0.800 bits per heavy atom. The van der Waals surface area contributed by atoms with Gasteiger partial charge in [-0.3, -0.25) is 4.79 Å². The van der Waals surface area contributed by atoms with Crippen LogP contribution in [-0.2, 0) is 9.53 Å². The Bertz CT molecular complexity index is 924. The Morgan fingerprint density at radius 3 is 1.17 bits per heavy atom. The van der Waals surface area contributed by atoms with Crippen LogP contribution < -0.4 is 5.32 Å². The van der Waals surface area contributed by atoms with Gasteiger partial charge in [0, 0.05) is 6.42 Å². The van der Waals surface area contributed by atoms with Gasteiger partial charge in [-0.2, -0.15) is 0 Å². The highest BCUT2D eigenvalue weighted by Crippen LogP contribution is 2.26. The summed E-state index contributed by atoms with van der Waals surface area (Å²) in [5.41, 5.74) is 0. The summed E-state index contributed by atoms with van der Waals surface area (Å²) in [4.78, 5) is 13.1. The van der Waals surface area contributed by atoms with Crippen LogP contribution in [0, 0.1) is 0 Å². The van der Waals surface area contributed by atoms with Crippen molar-refractivity contribution in [1.82, 2.24) is 5.32 Å². The van der Waals surface area contributed by atoms with Crippen molar-refractivity contribution in [2.24, 2.45) is 0 Å². The highest BCUT2D eigenvalue weighted by atomic mass is 16.5. The van der Waals surface area contributed by atoms with Gasteiger partial charge in [0.05, 0.1) is 31.0 Å². The third-order valence-electron chi connectivity index (χ3n) is 13.3. The van der Waals surface area contributed by atoms with E-state index in [1.807, 2.05) is 0 Å². The van der Waals surface area contributed by atoms with Gasteiger partial charge in [-0.05, 0) is 25.7 Å². The van der Waals surface area contributed by atoms with Crippen LogP contribution in [-0.4, -0.2) is 91.9 Å². The van der Waals surface area contributed by atoms with E-state index in [1.54, 1.807) is 0 Å². The molecule has 1 amide bonds. The normalized spacial score (nSPS) is 21.0. The first-order valence-corrected chi connectivity index (χ1v) is 26.2. The second-order valence-corrected chi connectivity index (χ2v) is 18.9. The minimum Gasteiger partial charge on any atom is -0.394 e. The molecule has 1 rings (SSSR count). The Hall–Kier alpha value is -0.810. The Balaban J connectivity index is 2.26. The number of rotatable bonds is 44. The lowest BCUT2D eigenvalue weighted by Crippen LogP contribution is -2.59. The number of aliphatic hydroxyl groups is 6. The second-order valence-electron chi connectivity index (χ2n) is 18.9. The predicted octanol–water partition coefficient (Wildman–Crippen LogP) is 11.3. The predicted molar refractivity (Wildman–Crippen MR) is 249 cm³/mol. The largest absolute Gasteiger partial charge is 0.394 e. The van der Waals surface area contributed by atoms with Gasteiger partial charge in [0.2, 0.25) is 5.91 Å². The number of carbonyl (C=O) groups is 1. The summed E-state index contributed by atoms with van der Waals surface area (Å²) in [6.45, 7) is 4.02. The van der Waals surface area contributed by atoms with Crippen LogP contribution >= 0.6 is 0 Å². The van der Waals surface area contributed by atoms with Gasteiger partial charge in [-0.1, -0.05) is 232 Å². The SMILES string of the molecule is CCCCCCCCCCCCCCCCCCCCCCCCCC(=O)N[C@@H](CCC1OC(CO)[C@H](O)C(O)C1O)[C@H](O)[C@H](O)CCCCCCCCCCCCCC. The summed E-state index contributed by atoms with van der Waals surface area (Å²) in [7, 11) is 0. The van der Waals surface area contributed by atoms with E-state index < -0.39 is 55.4 Å². The molecule has 7 N–H and O–H groups in total. The average molecular weight is 856 g/mol. The number of hydrogen-bond donors (Lipinski definition) is 7. The van der Waals surface area contributed by atoms with Crippen molar-refractivity contribution in [2.45, 2.75) is 313 Å². The van der Waals surface area contributed by atoms with E-state index >= 15 is 0 Å². The first-order valence-electron chi connectivity index (χ1n) is 26.2. The molecule has 1 saturated heterocycles. The van der Waals surface area contributed by atoms with E-state index in [4.69, 9.17) is 4.74 Å². The Kier molecular flexibility index (Phi) is 39.0. The molecule has 0 aromatic carbocycles. The maximum Gasteiger partial charge on any atom is 0.220 e. The molecule has 1 aliphatic rings. The van der Waals surface area contributed by atoms with Crippen molar-refractivity contribution in [3.63, 3.8) is 0 Å². The number of nitrogens with one attached hydrogen (secondary N) is 1. The van der Waals surface area contributed by atoms with Crippen LogP contribution in [0.2, 0.25) is 0 Å². The fourth-order valence-electron chi connectivity index (χ4n) is 9.07. The number of carbonyl (C=O) groups excluding carboxylic acids is 1. The number of hydrogen-bond acceptors (Lipinski definition) is 8. The molecule has 0 saturated carbocycles. The Morgan fingerprint density at radius 1 is 0.467 bits per heavy atom. The molecule has 60 heavy (non-hydrogen) atoms. The van der Waals surface area contributed by atoms with Crippen LogP contribution in [0.4, 0.5) is 0 Å². The monoisotopic (exact) mass is 856 g/mol. The molecule has 0 aromatic heterocycles. The van der Waals surface area contributed by atoms with Gasteiger partial charge >= 0.3 is 0 Å². The second kappa shape index (κ2) is 40.9. The lowest BCUT2D eigenvalue weighted by atomic mass is 9.90. The van der Waals surface area contributed by atoms with Gasteiger partial charge in [0.25, 0.3) is 0 Å². The first-order chi connectivity index (χ1) is 29.3. The average Bonchev–Trinajstić information content (AvgIpc) is 3.25. The summed E-state index contributed by atoms with van der Waals surface area (Å²) < 4.78 is 5.69. The quantitative estimate of drug-likeness (QED) is 0.0298. The van der Waals surface area contributed by atoms with Crippen molar-refractivity contribution in [2.75, 3.05) is 6.61 Å². The molecular weight excluding hydrogens is 755 g/mol. The lowest BCUT2D eigenvalue weighted by Gasteiger charge is -2.40. The summed E-state index contributed by atoms with van der Waals surface area (Å²) in [6.07, 6.45) is 37.6. The molecule has 9 heteroatoms. The highest BCUT2D eigenvalue weighted by Gasteiger charge is 2.43. The topological polar surface area (TPSA) is 160 Å². The van der Waals surface area contributed by atoms with Crippen LogP contribution in [0.15, 0.2) is 0 Å². The standard InChI is InChI=1S/C51H101NO8/c1-3-5-7-9-11-13-15-17-18-19-20-21-22-23-24-25-26-27-29-31-33-35-37-39-47(55)52-43(40-41-45-49(57)51(59)50(58)46(42-53)60-45)48(56)44(54)38-36-34-32-30-28-16-14-12-10-8-6-4-2/h43-46,48-51,53-54,56-59H,3-42H2,1-2H3,(H,52,55)/t43-,44+,45?,46?,48-,49?,50-,51?/m0/s1. The molecule has 0 aliphatic carbocycles. The van der Waals surface area contributed by atoms with Gasteiger partial charge < -0.3 is 40.7 Å². The number of ether oxygens (including phenoxy) is 1. The molecule has 0 spiro atoms. The third kappa shape index (κ3) is 30.3. The van der Waals surface area contributed by atoms with Crippen LogP contribution in [0.25, 0.3) is 0 Å². The van der Waals surface area contributed by atoms with Gasteiger partial charge in [-0.15, -0.1) is 0 Å². The zero-order valence-electron chi connectivity index (χ0n) is 39.4. The summed E-state index contributed by atoms with van der Waals surface area (Å²) in [5, 5.41) is 65.8. The molecule has 358 valence electrons. The van der Waals surface area contributed by atoms with Crippen molar-refractivity contribution >= 4 is 5.91 Å². The summed E-state index contributed by atoms with van der Waals surface area (Å²) >= 11 is 0. The molecule has 4 unspecified atom stereocenters. The van der Waals surface area contributed by atoms with Gasteiger partial charge in [0.1, 0.15) is 24.4 Å².